The van der Waals surface area contributed by atoms with E-state index in [4.69, 9.17) is 9.72 Å². The molecule has 4 heteroatoms. The Morgan fingerprint density at radius 2 is 1.52 bits per heavy atom. The number of anilines is 2. The zero-order valence-corrected chi connectivity index (χ0v) is 17.5. The number of hydrogen-bond donors (Lipinski definition) is 1. The molecule has 5 rings (SSSR count). The average molecular weight is 406 g/mol. The smallest absolute Gasteiger partial charge is 0.342 e. The second-order valence-corrected chi connectivity index (χ2v) is 7.50. The summed E-state index contributed by atoms with van der Waals surface area (Å²) in [5.41, 5.74) is 3.64. The number of carbonyl (C=O) groups is 1. The predicted octanol–water partition coefficient (Wildman–Crippen LogP) is 6.77. The fourth-order valence-corrected chi connectivity index (χ4v) is 4.17. The van der Waals surface area contributed by atoms with Crippen molar-refractivity contribution in [2.24, 2.45) is 0 Å². The predicted molar refractivity (Wildman–Crippen MR) is 127 cm³/mol. The molecular formula is C27H22N2O2. The third-order valence-electron chi connectivity index (χ3n) is 5.59. The van der Waals surface area contributed by atoms with Gasteiger partial charge in [-0.15, -0.1) is 0 Å². The van der Waals surface area contributed by atoms with Crippen LogP contribution in [0, 0.1) is 6.92 Å². The second kappa shape index (κ2) is 7.73. The molecule has 5 aromatic rings. The van der Waals surface area contributed by atoms with E-state index in [2.05, 4.69) is 41.7 Å². The van der Waals surface area contributed by atoms with Crippen LogP contribution in [0.5, 0.6) is 0 Å². The molecule has 4 nitrogen and oxygen atoms in total. The number of fused-ring (bicyclic) bond motifs is 4. The molecule has 152 valence electrons. The van der Waals surface area contributed by atoms with Gasteiger partial charge in [-0.25, -0.2) is 4.79 Å². The summed E-state index contributed by atoms with van der Waals surface area (Å²) in [7, 11) is 0. The highest BCUT2D eigenvalue weighted by atomic mass is 16.5. The Kier molecular flexibility index (Phi) is 4.75. The van der Waals surface area contributed by atoms with Gasteiger partial charge < -0.3 is 10.1 Å². The molecule has 0 amide bonds. The molecule has 0 unspecified atom stereocenters. The van der Waals surface area contributed by atoms with Crippen LogP contribution < -0.4 is 5.32 Å². The molecule has 0 aliphatic heterocycles. The Morgan fingerprint density at radius 3 is 2.29 bits per heavy atom. The number of aryl methyl sites for hydroxylation is 1. The number of benzene rings is 4. The molecule has 0 aliphatic rings. The lowest BCUT2D eigenvalue weighted by Crippen LogP contribution is -2.12. The number of aromatic nitrogens is 1. The normalized spacial score (nSPS) is 11.2. The van der Waals surface area contributed by atoms with Gasteiger partial charge >= 0.3 is 5.97 Å². The second-order valence-electron chi connectivity index (χ2n) is 7.50. The molecule has 0 saturated carbocycles. The SMILES string of the molecule is CCOC(=O)c1c(C)nc2c(ccc3ccccc32)c1Nc1cccc2ccccc12. The molecule has 1 aromatic heterocycles. The fraction of sp³-hybridized carbons (Fsp3) is 0.111. The maximum absolute atomic E-state index is 12.9. The van der Waals surface area contributed by atoms with Crippen LogP contribution in [-0.2, 0) is 4.74 Å². The average Bonchev–Trinajstić information content (AvgIpc) is 2.79. The number of rotatable bonds is 4. The summed E-state index contributed by atoms with van der Waals surface area (Å²) in [6.45, 7) is 3.98. The van der Waals surface area contributed by atoms with Crippen LogP contribution in [0.1, 0.15) is 23.0 Å². The third kappa shape index (κ3) is 3.26. The van der Waals surface area contributed by atoms with Gasteiger partial charge in [-0.1, -0.05) is 72.8 Å². The van der Waals surface area contributed by atoms with Crippen molar-refractivity contribution < 1.29 is 9.53 Å². The van der Waals surface area contributed by atoms with Crippen LogP contribution in [0.15, 0.2) is 78.9 Å². The third-order valence-corrected chi connectivity index (χ3v) is 5.59. The number of esters is 1. The van der Waals surface area contributed by atoms with E-state index in [-0.39, 0.29) is 5.97 Å². The molecule has 0 atom stereocenters. The van der Waals surface area contributed by atoms with Gasteiger partial charge in [0.2, 0.25) is 0 Å². The lowest BCUT2D eigenvalue weighted by atomic mass is 10.0. The van der Waals surface area contributed by atoms with E-state index in [1.54, 1.807) is 0 Å². The van der Waals surface area contributed by atoms with E-state index in [1.165, 1.54) is 0 Å². The molecule has 31 heavy (non-hydrogen) atoms. The highest BCUT2D eigenvalue weighted by Crippen LogP contribution is 2.36. The monoisotopic (exact) mass is 406 g/mol. The lowest BCUT2D eigenvalue weighted by molar-refractivity contribution is 0.0526. The Bertz CT molecular complexity index is 1450. The molecule has 0 aliphatic carbocycles. The first kappa shape index (κ1) is 19.1. The minimum absolute atomic E-state index is 0.307. The van der Waals surface area contributed by atoms with Crippen LogP contribution in [-0.4, -0.2) is 17.6 Å². The highest BCUT2D eigenvalue weighted by molar-refractivity contribution is 6.15. The summed E-state index contributed by atoms with van der Waals surface area (Å²) in [6.07, 6.45) is 0. The number of carbonyl (C=O) groups excluding carboxylic acids is 1. The van der Waals surface area contributed by atoms with Crippen molar-refractivity contribution in [3.05, 3.63) is 90.1 Å². The molecule has 1 heterocycles. The first-order valence-corrected chi connectivity index (χ1v) is 10.4. The van der Waals surface area contributed by atoms with Crippen LogP contribution in [0.2, 0.25) is 0 Å². The summed E-state index contributed by atoms with van der Waals surface area (Å²) in [6, 6.07) is 26.6. The standard InChI is InChI=1S/C27H22N2O2/c1-3-31-27(30)24-17(2)28-25-21-13-7-5-10-19(21)15-16-22(25)26(24)29-23-14-8-11-18-9-4-6-12-20(18)23/h4-16H,3H2,1-2H3,(H,28,29). The van der Waals surface area contributed by atoms with E-state index in [0.29, 0.717) is 17.9 Å². The first-order valence-electron chi connectivity index (χ1n) is 10.4. The molecule has 0 spiro atoms. The molecule has 1 N–H and O–H groups in total. The summed E-state index contributed by atoms with van der Waals surface area (Å²) >= 11 is 0. The van der Waals surface area contributed by atoms with E-state index < -0.39 is 0 Å². The van der Waals surface area contributed by atoms with Crippen molar-refractivity contribution in [1.82, 2.24) is 4.98 Å². The van der Waals surface area contributed by atoms with Gasteiger partial charge in [-0.2, -0.15) is 0 Å². The number of hydrogen-bond acceptors (Lipinski definition) is 4. The molecule has 4 aromatic carbocycles. The van der Waals surface area contributed by atoms with Gasteiger partial charge in [0.1, 0.15) is 5.56 Å². The number of pyridine rings is 1. The zero-order valence-electron chi connectivity index (χ0n) is 17.5. The summed E-state index contributed by atoms with van der Waals surface area (Å²) < 4.78 is 5.39. The lowest BCUT2D eigenvalue weighted by Gasteiger charge is -2.18. The Labute approximate surface area is 180 Å². The topological polar surface area (TPSA) is 51.2 Å². The quantitative estimate of drug-likeness (QED) is 0.264. The molecular weight excluding hydrogens is 384 g/mol. The van der Waals surface area contributed by atoms with Gasteiger partial charge in [0, 0.05) is 21.8 Å². The zero-order chi connectivity index (χ0) is 21.4. The summed E-state index contributed by atoms with van der Waals surface area (Å²) in [5.74, 6) is -0.370. The van der Waals surface area contributed by atoms with Gasteiger partial charge in [0.15, 0.2) is 0 Å². The summed E-state index contributed by atoms with van der Waals surface area (Å²) in [5, 5.41) is 8.84. The molecule has 0 bridgehead atoms. The summed E-state index contributed by atoms with van der Waals surface area (Å²) in [4.78, 5) is 17.8. The molecule has 0 saturated heterocycles. The van der Waals surface area contributed by atoms with E-state index in [9.17, 15) is 4.79 Å². The first-order chi connectivity index (χ1) is 15.2. The van der Waals surface area contributed by atoms with E-state index >= 15 is 0 Å². The van der Waals surface area contributed by atoms with Crippen LogP contribution in [0.25, 0.3) is 32.4 Å². The van der Waals surface area contributed by atoms with Crippen LogP contribution in [0.4, 0.5) is 11.4 Å². The van der Waals surface area contributed by atoms with Gasteiger partial charge in [0.05, 0.1) is 23.5 Å². The van der Waals surface area contributed by atoms with E-state index in [0.717, 1.165) is 43.8 Å². The van der Waals surface area contributed by atoms with Crippen molar-refractivity contribution in [3.8, 4) is 0 Å². The maximum Gasteiger partial charge on any atom is 0.342 e. The Hall–Kier alpha value is -3.92. The van der Waals surface area contributed by atoms with Gasteiger partial charge in [-0.05, 0) is 30.7 Å². The molecule has 0 radical (unpaired) electrons. The molecule has 0 fully saturated rings. The Balaban J connectivity index is 1.82. The van der Waals surface area contributed by atoms with Crippen molar-refractivity contribution in [2.75, 3.05) is 11.9 Å². The maximum atomic E-state index is 12.9. The number of nitrogens with one attached hydrogen (secondary N) is 1. The van der Waals surface area contributed by atoms with Gasteiger partial charge in [-0.3, -0.25) is 4.98 Å². The van der Waals surface area contributed by atoms with Gasteiger partial charge in [0.25, 0.3) is 0 Å². The highest BCUT2D eigenvalue weighted by Gasteiger charge is 2.22. The number of nitrogens with zero attached hydrogens (tertiary/aromatic N) is 1. The van der Waals surface area contributed by atoms with E-state index in [1.807, 2.05) is 56.3 Å². The van der Waals surface area contributed by atoms with Crippen molar-refractivity contribution >= 4 is 49.8 Å². The van der Waals surface area contributed by atoms with Crippen molar-refractivity contribution in [3.63, 3.8) is 0 Å². The number of ether oxygens (including phenoxy) is 1. The minimum Gasteiger partial charge on any atom is -0.462 e. The minimum atomic E-state index is -0.370. The fourth-order valence-electron chi connectivity index (χ4n) is 4.17. The van der Waals surface area contributed by atoms with Crippen LogP contribution in [0.3, 0.4) is 0 Å². The largest absolute Gasteiger partial charge is 0.462 e. The van der Waals surface area contributed by atoms with Crippen molar-refractivity contribution in [1.29, 1.82) is 0 Å². The van der Waals surface area contributed by atoms with Crippen LogP contribution >= 0.6 is 0 Å². The van der Waals surface area contributed by atoms with Crippen molar-refractivity contribution in [2.45, 2.75) is 13.8 Å². The Morgan fingerprint density at radius 1 is 0.839 bits per heavy atom.